The lowest BCUT2D eigenvalue weighted by atomic mass is 9.95. The molecule has 72 valence electrons. The van der Waals surface area contributed by atoms with Crippen LogP contribution in [-0.2, 0) is 0 Å². The minimum Gasteiger partial charge on any atom is -0.508 e. The van der Waals surface area contributed by atoms with Crippen molar-refractivity contribution in [2.24, 2.45) is 5.73 Å². The molecule has 0 bridgehead atoms. The Bertz CT molecular complexity index is 275. The molecule has 1 aromatic carbocycles. The molecule has 0 aromatic heterocycles. The highest BCUT2D eigenvalue weighted by Crippen LogP contribution is 2.26. The Balaban J connectivity index is 2.88. The van der Waals surface area contributed by atoms with Gasteiger partial charge in [-0.2, -0.15) is 0 Å². The zero-order valence-corrected chi connectivity index (χ0v) is 7.64. The first kappa shape index (κ1) is 10.0. The van der Waals surface area contributed by atoms with Crippen LogP contribution in [0.2, 0.25) is 0 Å². The van der Waals surface area contributed by atoms with Crippen LogP contribution >= 0.6 is 0 Å². The van der Waals surface area contributed by atoms with Crippen molar-refractivity contribution in [1.29, 1.82) is 0 Å². The maximum absolute atomic E-state index is 9.47. The van der Waals surface area contributed by atoms with Gasteiger partial charge in [0.05, 0.1) is 6.10 Å². The number of hydrogen-bond donors (Lipinski definition) is 3. The van der Waals surface area contributed by atoms with Crippen LogP contribution in [0.5, 0.6) is 5.75 Å². The minimum absolute atomic E-state index is 0.133. The molecule has 3 nitrogen and oxygen atoms in total. The lowest BCUT2D eigenvalue weighted by Gasteiger charge is -2.18. The van der Waals surface area contributed by atoms with Gasteiger partial charge >= 0.3 is 0 Å². The van der Waals surface area contributed by atoms with E-state index in [4.69, 9.17) is 5.73 Å². The number of para-hydroxylation sites is 1. The third-order valence-corrected chi connectivity index (χ3v) is 2.25. The van der Waals surface area contributed by atoms with Crippen LogP contribution in [-0.4, -0.2) is 22.9 Å². The lowest BCUT2D eigenvalue weighted by molar-refractivity contribution is 0.156. The molecule has 0 spiro atoms. The predicted octanol–water partition coefficient (Wildman–Crippen LogP) is 0.815. The molecule has 0 saturated heterocycles. The average Bonchev–Trinajstić information content (AvgIpc) is 2.16. The normalized spacial score (nSPS) is 15.3. The van der Waals surface area contributed by atoms with Crippen LogP contribution in [0.3, 0.4) is 0 Å². The van der Waals surface area contributed by atoms with Gasteiger partial charge in [-0.1, -0.05) is 25.1 Å². The molecule has 0 saturated carbocycles. The third-order valence-electron chi connectivity index (χ3n) is 2.25. The summed E-state index contributed by atoms with van der Waals surface area (Å²) in [6.45, 7) is 2.04. The van der Waals surface area contributed by atoms with Crippen molar-refractivity contribution in [2.75, 3.05) is 6.54 Å². The summed E-state index contributed by atoms with van der Waals surface area (Å²) >= 11 is 0. The molecule has 0 amide bonds. The third kappa shape index (κ3) is 2.20. The van der Waals surface area contributed by atoms with Crippen LogP contribution < -0.4 is 5.73 Å². The molecule has 0 aliphatic carbocycles. The van der Waals surface area contributed by atoms with E-state index in [2.05, 4.69) is 0 Å². The Morgan fingerprint density at radius 1 is 1.38 bits per heavy atom. The summed E-state index contributed by atoms with van der Waals surface area (Å²) in [4.78, 5) is 0. The summed E-state index contributed by atoms with van der Waals surface area (Å²) in [7, 11) is 0. The van der Waals surface area contributed by atoms with Gasteiger partial charge in [0.15, 0.2) is 0 Å². The monoisotopic (exact) mass is 181 g/mol. The molecular weight excluding hydrogens is 166 g/mol. The first-order valence-electron chi connectivity index (χ1n) is 4.33. The van der Waals surface area contributed by atoms with E-state index in [-0.39, 0.29) is 18.2 Å². The van der Waals surface area contributed by atoms with Gasteiger partial charge in [-0.3, -0.25) is 0 Å². The highest BCUT2D eigenvalue weighted by Gasteiger charge is 2.16. The number of hydrogen-bond acceptors (Lipinski definition) is 3. The van der Waals surface area contributed by atoms with Gasteiger partial charge in [0, 0.05) is 12.5 Å². The molecule has 4 N–H and O–H groups in total. The van der Waals surface area contributed by atoms with Crippen molar-refractivity contribution in [3.05, 3.63) is 29.8 Å². The van der Waals surface area contributed by atoms with Gasteiger partial charge in [-0.05, 0) is 11.6 Å². The smallest absolute Gasteiger partial charge is 0.119 e. The standard InChI is InChI=1S/C10H15NO2/c1-7(10(13)6-11)8-4-2-3-5-9(8)12/h2-5,7,10,12-13H,6,11H2,1H3. The summed E-state index contributed by atoms with van der Waals surface area (Å²) in [6, 6.07) is 6.98. The van der Waals surface area contributed by atoms with Crippen molar-refractivity contribution in [1.82, 2.24) is 0 Å². The molecule has 1 aromatic rings. The maximum Gasteiger partial charge on any atom is 0.119 e. The highest BCUT2D eigenvalue weighted by atomic mass is 16.3. The number of benzene rings is 1. The highest BCUT2D eigenvalue weighted by molar-refractivity contribution is 5.35. The SMILES string of the molecule is CC(c1ccccc1O)C(O)CN. The average molecular weight is 181 g/mol. The quantitative estimate of drug-likeness (QED) is 0.646. The topological polar surface area (TPSA) is 66.5 Å². The van der Waals surface area contributed by atoms with Crippen LogP contribution in [0.15, 0.2) is 24.3 Å². The number of nitrogens with two attached hydrogens (primary N) is 1. The summed E-state index contributed by atoms with van der Waals surface area (Å²) < 4.78 is 0. The summed E-state index contributed by atoms with van der Waals surface area (Å²) in [5, 5.41) is 18.9. The van der Waals surface area contributed by atoms with E-state index in [0.717, 1.165) is 5.56 Å². The summed E-state index contributed by atoms with van der Waals surface area (Å²) in [5.41, 5.74) is 6.07. The molecule has 3 heteroatoms. The Morgan fingerprint density at radius 3 is 2.54 bits per heavy atom. The largest absolute Gasteiger partial charge is 0.508 e. The van der Waals surface area contributed by atoms with Crippen molar-refractivity contribution in [3.8, 4) is 5.75 Å². The van der Waals surface area contributed by atoms with Gasteiger partial charge in [-0.25, -0.2) is 0 Å². The fraction of sp³-hybridized carbons (Fsp3) is 0.400. The second-order valence-electron chi connectivity index (χ2n) is 3.15. The van der Waals surface area contributed by atoms with Crippen LogP contribution in [0.1, 0.15) is 18.4 Å². The van der Waals surface area contributed by atoms with E-state index in [1.165, 1.54) is 0 Å². The first-order chi connectivity index (χ1) is 6.16. The van der Waals surface area contributed by atoms with E-state index in [1.807, 2.05) is 13.0 Å². The van der Waals surface area contributed by atoms with Gasteiger partial charge in [0.1, 0.15) is 5.75 Å². The number of rotatable bonds is 3. The zero-order chi connectivity index (χ0) is 9.84. The molecule has 2 unspecified atom stereocenters. The molecule has 1 rings (SSSR count). The molecule has 0 fully saturated rings. The van der Waals surface area contributed by atoms with Crippen molar-refractivity contribution in [3.63, 3.8) is 0 Å². The number of phenols is 1. The number of aliphatic hydroxyl groups excluding tert-OH is 1. The number of aliphatic hydroxyl groups is 1. The van der Waals surface area contributed by atoms with Crippen LogP contribution in [0, 0.1) is 0 Å². The van der Waals surface area contributed by atoms with Crippen molar-refractivity contribution in [2.45, 2.75) is 18.9 Å². The maximum atomic E-state index is 9.47. The van der Waals surface area contributed by atoms with Gasteiger partial charge < -0.3 is 15.9 Å². The van der Waals surface area contributed by atoms with E-state index in [0.29, 0.717) is 0 Å². The molecule has 2 atom stereocenters. The summed E-state index contributed by atoms with van der Waals surface area (Å²) in [5.74, 6) is 0.0775. The molecular formula is C10H15NO2. The van der Waals surface area contributed by atoms with E-state index >= 15 is 0 Å². The fourth-order valence-corrected chi connectivity index (χ4v) is 1.28. The Labute approximate surface area is 77.8 Å². The van der Waals surface area contributed by atoms with Crippen LogP contribution in [0.4, 0.5) is 0 Å². The lowest BCUT2D eigenvalue weighted by Crippen LogP contribution is -2.25. The van der Waals surface area contributed by atoms with Crippen molar-refractivity contribution < 1.29 is 10.2 Å². The minimum atomic E-state index is -0.603. The Morgan fingerprint density at radius 2 is 2.00 bits per heavy atom. The van der Waals surface area contributed by atoms with Crippen LogP contribution in [0.25, 0.3) is 0 Å². The molecule has 0 radical (unpaired) electrons. The van der Waals surface area contributed by atoms with Gasteiger partial charge in [0.25, 0.3) is 0 Å². The van der Waals surface area contributed by atoms with Crippen molar-refractivity contribution >= 4 is 0 Å². The van der Waals surface area contributed by atoms with E-state index in [1.54, 1.807) is 18.2 Å². The Kier molecular flexibility index (Phi) is 3.28. The number of aromatic hydroxyl groups is 1. The van der Waals surface area contributed by atoms with E-state index < -0.39 is 6.10 Å². The number of phenolic OH excluding ortho intramolecular Hbond substituents is 1. The second-order valence-corrected chi connectivity index (χ2v) is 3.15. The summed E-state index contributed by atoms with van der Waals surface area (Å²) in [6.07, 6.45) is -0.603. The van der Waals surface area contributed by atoms with Gasteiger partial charge in [-0.15, -0.1) is 0 Å². The van der Waals surface area contributed by atoms with Gasteiger partial charge in [0.2, 0.25) is 0 Å². The second kappa shape index (κ2) is 4.25. The molecule has 0 aliphatic rings. The first-order valence-corrected chi connectivity index (χ1v) is 4.33. The predicted molar refractivity (Wildman–Crippen MR) is 51.6 cm³/mol. The fourth-order valence-electron chi connectivity index (χ4n) is 1.28. The Hall–Kier alpha value is -1.06. The molecule has 0 aliphatic heterocycles. The zero-order valence-electron chi connectivity index (χ0n) is 7.64. The molecule has 13 heavy (non-hydrogen) atoms. The van der Waals surface area contributed by atoms with E-state index in [9.17, 15) is 10.2 Å². The molecule has 0 heterocycles.